The third-order valence-corrected chi connectivity index (χ3v) is 5.21. The molecule has 0 radical (unpaired) electrons. The van der Waals surface area contributed by atoms with Crippen LogP contribution in [0, 0.1) is 0 Å². The number of nitrogens with one attached hydrogen (secondary N) is 2. The Morgan fingerprint density at radius 3 is 2.15 bits per heavy atom. The maximum Gasteiger partial charge on any atom is 0.322 e. The molecule has 0 unspecified atom stereocenters. The van der Waals surface area contributed by atoms with Gasteiger partial charge in [0.25, 0.3) is 0 Å². The Kier molecular flexibility index (Phi) is 16.8. The number of thioether (sulfide) groups is 1. The predicted octanol–water partition coefficient (Wildman–Crippen LogP) is -1.14. The van der Waals surface area contributed by atoms with E-state index in [9.17, 15) is 28.8 Å². The minimum absolute atomic E-state index is 0.0558. The molecule has 0 aliphatic carbocycles. The third-order valence-electron chi connectivity index (χ3n) is 3.74. The summed E-state index contributed by atoms with van der Waals surface area (Å²) in [5, 5.41) is 22.0. The summed E-state index contributed by atoms with van der Waals surface area (Å²) < 4.78 is 9.87. The summed E-state index contributed by atoms with van der Waals surface area (Å²) in [6, 6.07) is -2.39. The average Bonchev–Trinajstić information content (AvgIpc) is 2.76. The van der Waals surface area contributed by atoms with Gasteiger partial charge in [-0.2, -0.15) is 0 Å². The molecule has 13 nitrogen and oxygen atoms in total. The molecule has 188 valence electrons. The molecule has 0 saturated carbocycles. The highest BCUT2D eigenvalue weighted by atomic mass is 79.9. The normalized spacial score (nSPS) is 12.2. The van der Waals surface area contributed by atoms with Gasteiger partial charge in [-0.25, -0.2) is 0 Å². The van der Waals surface area contributed by atoms with Crippen LogP contribution in [-0.2, 0) is 38.2 Å². The number of amides is 2. The van der Waals surface area contributed by atoms with E-state index < -0.39 is 48.4 Å². The topological polar surface area (TPSA) is 211 Å². The number of carboxylic acid groups (broad SMARTS) is 2. The number of ether oxygens (including phenoxy) is 2. The zero-order chi connectivity index (χ0) is 25.2. The maximum atomic E-state index is 12.2. The highest BCUT2D eigenvalue weighted by molar-refractivity contribution is 9.09. The monoisotopic (exact) mass is 557 g/mol. The van der Waals surface area contributed by atoms with E-state index in [2.05, 4.69) is 26.6 Å². The standard InChI is InChI=1S/C18H28BrN3O10S/c19-7-15(26)31-5-1-2-6-32-16(27)10-33-9-12(17(28)21-8-14(24)25)22-13(23)4-3-11(20)18(29)30/h11-12H,1-10,20H2,(H,21,28)(H,22,23)(H,24,25)(H,29,30)/t11-,12-/m0/s1. The van der Waals surface area contributed by atoms with Gasteiger partial charge in [-0.05, 0) is 19.3 Å². The largest absolute Gasteiger partial charge is 0.480 e. The van der Waals surface area contributed by atoms with E-state index in [4.69, 9.17) is 25.4 Å². The molecule has 0 bridgehead atoms. The summed E-state index contributed by atoms with van der Waals surface area (Å²) in [5.74, 6) is -5.09. The van der Waals surface area contributed by atoms with Crippen molar-refractivity contribution in [1.82, 2.24) is 10.6 Å². The van der Waals surface area contributed by atoms with Crippen LogP contribution in [0.3, 0.4) is 0 Å². The molecule has 15 heteroatoms. The average molecular weight is 558 g/mol. The number of aliphatic carboxylic acids is 2. The van der Waals surface area contributed by atoms with Crippen molar-refractivity contribution in [2.75, 3.05) is 36.6 Å². The van der Waals surface area contributed by atoms with Crippen LogP contribution >= 0.6 is 27.7 Å². The molecule has 0 spiro atoms. The van der Waals surface area contributed by atoms with Gasteiger partial charge in [-0.3, -0.25) is 28.8 Å². The van der Waals surface area contributed by atoms with E-state index in [0.717, 1.165) is 11.8 Å². The number of unbranched alkanes of at least 4 members (excludes halogenated alkanes) is 1. The van der Waals surface area contributed by atoms with Gasteiger partial charge in [0.15, 0.2) is 0 Å². The Labute approximate surface area is 202 Å². The smallest absolute Gasteiger partial charge is 0.322 e. The molecule has 0 heterocycles. The Hall–Kier alpha value is -2.39. The third kappa shape index (κ3) is 16.8. The number of hydrogen-bond donors (Lipinski definition) is 5. The van der Waals surface area contributed by atoms with Gasteiger partial charge in [0.05, 0.1) is 19.0 Å². The van der Waals surface area contributed by atoms with Crippen molar-refractivity contribution in [1.29, 1.82) is 0 Å². The highest BCUT2D eigenvalue weighted by Crippen LogP contribution is 2.06. The van der Waals surface area contributed by atoms with Crippen molar-refractivity contribution in [3.63, 3.8) is 0 Å². The van der Waals surface area contributed by atoms with Crippen LogP contribution < -0.4 is 16.4 Å². The van der Waals surface area contributed by atoms with Gasteiger partial charge in [0, 0.05) is 12.2 Å². The molecule has 2 atom stereocenters. The van der Waals surface area contributed by atoms with Gasteiger partial charge in [-0.15, -0.1) is 11.8 Å². The van der Waals surface area contributed by atoms with Gasteiger partial charge in [-0.1, -0.05) is 15.9 Å². The molecule has 0 aromatic rings. The number of carbonyl (C=O) groups excluding carboxylic acids is 4. The van der Waals surface area contributed by atoms with Crippen molar-refractivity contribution in [3.05, 3.63) is 0 Å². The summed E-state index contributed by atoms with van der Waals surface area (Å²) in [7, 11) is 0. The van der Waals surface area contributed by atoms with Crippen molar-refractivity contribution in [2.24, 2.45) is 5.73 Å². The summed E-state index contributed by atoms with van der Waals surface area (Å²) in [6.45, 7) is -0.331. The van der Waals surface area contributed by atoms with Gasteiger partial charge >= 0.3 is 23.9 Å². The maximum absolute atomic E-state index is 12.2. The number of hydrogen-bond acceptors (Lipinski definition) is 10. The number of halogens is 1. The lowest BCUT2D eigenvalue weighted by molar-refractivity contribution is -0.142. The van der Waals surface area contributed by atoms with Crippen molar-refractivity contribution in [3.8, 4) is 0 Å². The Morgan fingerprint density at radius 2 is 1.61 bits per heavy atom. The molecule has 0 aliphatic heterocycles. The fraction of sp³-hybridized carbons (Fsp3) is 0.667. The first kappa shape index (κ1) is 30.6. The molecule has 0 rings (SSSR count). The highest BCUT2D eigenvalue weighted by Gasteiger charge is 2.23. The second-order valence-electron chi connectivity index (χ2n) is 6.51. The van der Waals surface area contributed by atoms with Crippen LogP contribution in [-0.4, -0.2) is 94.6 Å². The van der Waals surface area contributed by atoms with Crippen LogP contribution in [0.2, 0.25) is 0 Å². The van der Waals surface area contributed by atoms with E-state index >= 15 is 0 Å². The van der Waals surface area contributed by atoms with E-state index in [-0.39, 0.29) is 48.9 Å². The fourth-order valence-corrected chi connectivity index (χ4v) is 3.06. The molecular weight excluding hydrogens is 530 g/mol. The summed E-state index contributed by atoms with van der Waals surface area (Å²) in [6.07, 6.45) is 0.594. The minimum atomic E-state index is -1.28. The lowest BCUT2D eigenvalue weighted by atomic mass is 10.1. The number of nitrogens with two attached hydrogens (primary N) is 1. The second-order valence-corrected chi connectivity index (χ2v) is 8.10. The van der Waals surface area contributed by atoms with Gasteiger partial charge in [0.1, 0.15) is 24.0 Å². The molecule has 0 saturated heterocycles. The van der Waals surface area contributed by atoms with E-state index in [1.54, 1.807) is 0 Å². The Morgan fingerprint density at radius 1 is 1.00 bits per heavy atom. The first-order chi connectivity index (χ1) is 15.6. The van der Waals surface area contributed by atoms with Gasteiger partial charge < -0.3 is 36.1 Å². The SMILES string of the molecule is N[C@@H](CCC(=O)N[C@@H](CSCC(=O)OCCCCOC(=O)CBr)C(=O)NCC(=O)O)C(=O)O. The zero-order valence-corrected chi connectivity index (χ0v) is 20.2. The molecule has 33 heavy (non-hydrogen) atoms. The number of carboxylic acids is 2. The lowest BCUT2D eigenvalue weighted by Gasteiger charge is -2.18. The van der Waals surface area contributed by atoms with E-state index in [1.807, 2.05) is 0 Å². The number of alkyl halides is 1. The predicted molar refractivity (Wildman–Crippen MR) is 120 cm³/mol. The van der Waals surface area contributed by atoms with Crippen LogP contribution in [0.5, 0.6) is 0 Å². The minimum Gasteiger partial charge on any atom is -0.480 e. The fourth-order valence-electron chi connectivity index (χ4n) is 2.06. The molecule has 2 amide bonds. The van der Waals surface area contributed by atoms with Gasteiger partial charge in [0.2, 0.25) is 11.8 Å². The van der Waals surface area contributed by atoms with Crippen LogP contribution in [0.15, 0.2) is 0 Å². The summed E-state index contributed by atoms with van der Waals surface area (Å²) in [4.78, 5) is 68.3. The first-order valence-electron chi connectivity index (χ1n) is 9.79. The Balaban J connectivity index is 4.42. The molecule has 6 N–H and O–H groups in total. The van der Waals surface area contributed by atoms with E-state index in [1.165, 1.54) is 0 Å². The lowest BCUT2D eigenvalue weighted by Crippen LogP contribution is -2.49. The number of carbonyl (C=O) groups is 6. The van der Waals surface area contributed by atoms with Crippen LogP contribution in [0.25, 0.3) is 0 Å². The van der Waals surface area contributed by atoms with E-state index in [0.29, 0.717) is 12.8 Å². The molecule has 0 aliphatic rings. The summed E-state index contributed by atoms with van der Waals surface area (Å²) >= 11 is 3.95. The molecule has 0 fully saturated rings. The zero-order valence-electron chi connectivity index (χ0n) is 17.7. The Bertz CT molecular complexity index is 694. The number of esters is 2. The molecule has 0 aromatic carbocycles. The quantitative estimate of drug-likeness (QED) is 0.0768. The second kappa shape index (κ2) is 18.1. The molecule has 0 aromatic heterocycles. The van der Waals surface area contributed by atoms with Crippen molar-refractivity contribution >= 4 is 63.4 Å². The van der Waals surface area contributed by atoms with Crippen LogP contribution in [0.4, 0.5) is 0 Å². The summed E-state index contributed by atoms with van der Waals surface area (Å²) in [5.41, 5.74) is 5.33. The van der Waals surface area contributed by atoms with Crippen molar-refractivity contribution < 1.29 is 48.5 Å². The van der Waals surface area contributed by atoms with Crippen LogP contribution in [0.1, 0.15) is 25.7 Å². The van der Waals surface area contributed by atoms with Crippen molar-refractivity contribution in [2.45, 2.75) is 37.8 Å². The molecular formula is C18H28BrN3O10S. The first-order valence-corrected chi connectivity index (χ1v) is 12.1. The number of rotatable bonds is 18.